The zero-order valence-electron chi connectivity index (χ0n) is 9.93. The molecule has 1 rings (SSSR count). The van der Waals surface area contributed by atoms with Gasteiger partial charge in [-0.2, -0.15) is 0 Å². The van der Waals surface area contributed by atoms with E-state index in [-0.39, 0.29) is 18.1 Å². The van der Waals surface area contributed by atoms with Gasteiger partial charge in [0.1, 0.15) is 6.61 Å². The van der Waals surface area contributed by atoms with Crippen molar-refractivity contribution in [3.8, 4) is 0 Å². The van der Waals surface area contributed by atoms with Crippen LogP contribution in [0.3, 0.4) is 0 Å². The summed E-state index contributed by atoms with van der Waals surface area (Å²) < 4.78 is 5.35. The van der Waals surface area contributed by atoms with Gasteiger partial charge in [-0.25, -0.2) is 0 Å². The summed E-state index contributed by atoms with van der Waals surface area (Å²) in [5.74, 6) is -0.0412. The molecule has 0 aromatic heterocycles. The average molecular weight is 214 g/mol. The Morgan fingerprint density at radius 1 is 1.53 bits per heavy atom. The molecule has 0 aromatic rings. The highest BCUT2D eigenvalue weighted by atomic mass is 16.5. The van der Waals surface area contributed by atoms with Crippen LogP contribution in [0.25, 0.3) is 0 Å². The summed E-state index contributed by atoms with van der Waals surface area (Å²) in [6, 6.07) is 0.437. The summed E-state index contributed by atoms with van der Waals surface area (Å²) in [6.45, 7) is 7.76. The van der Waals surface area contributed by atoms with E-state index in [1.807, 2.05) is 20.8 Å². The minimum atomic E-state index is -0.175. The van der Waals surface area contributed by atoms with Crippen LogP contribution in [0.15, 0.2) is 0 Å². The van der Waals surface area contributed by atoms with E-state index in [2.05, 4.69) is 10.6 Å². The van der Waals surface area contributed by atoms with Crippen LogP contribution in [-0.4, -0.2) is 37.2 Å². The van der Waals surface area contributed by atoms with Crippen LogP contribution >= 0.6 is 0 Å². The monoisotopic (exact) mass is 214 g/mol. The first kappa shape index (κ1) is 12.5. The lowest BCUT2D eigenvalue weighted by Crippen LogP contribution is -2.43. The Morgan fingerprint density at radius 3 is 2.80 bits per heavy atom. The number of carbonyl (C=O) groups excluding carboxylic acids is 1. The molecule has 2 N–H and O–H groups in total. The second kappa shape index (κ2) is 5.47. The van der Waals surface area contributed by atoms with E-state index in [0.717, 1.165) is 13.0 Å². The van der Waals surface area contributed by atoms with Crippen molar-refractivity contribution in [2.45, 2.75) is 45.2 Å². The number of hydrogen-bond donors (Lipinski definition) is 2. The number of nitrogens with one attached hydrogen (secondary N) is 2. The van der Waals surface area contributed by atoms with Gasteiger partial charge in [-0.3, -0.25) is 4.79 Å². The fraction of sp³-hybridized carbons (Fsp3) is 0.909. The van der Waals surface area contributed by atoms with Gasteiger partial charge in [0.2, 0.25) is 5.91 Å². The van der Waals surface area contributed by atoms with Crippen molar-refractivity contribution in [1.82, 2.24) is 10.6 Å². The maximum absolute atomic E-state index is 11.4. The molecular formula is C11H22N2O2. The topological polar surface area (TPSA) is 50.4 Å². The molecule has 15 heavy (non-hydrogen) atoms. The molecule has 0 aromatic carbocycles. The molecule has 0 bridgehead atoms. The average Bonchev–Trinajstić information content (AvgIpc) is 2.53. The molecule has 4 heteroatoms. The van der Waals surface area contributed by atoms with Crippen LogP contribution in [0.5, 0.6) is 0 Å². The maximum atomic E-state index is 11.4. The Balaban J connectivity index is 2.06. The molecule has 0 aliphatic carbocycles. The van der Waals surface area contributed by atoms with Gasteiger partial charge in [0.25, 0.3) is 0 Å². The predicted octanol–water partition coefficient (Wildman–Crippen LogP) is 0.670. The number of rotatable bonds is 4. The van der Waals surface area contributed by atoms with Crippen LogP contribution in [0.1, 0.15) is 33.6 Å². The molecular weight excluding hydrogens is 192 g/mol. The third kappa shape index (κ3) is 5.74. The van der Waals surface area contributed by atoms with Crippen LogP contribution < -0.4 is 10.6 Å². The Morgan fingerprint density at radius 2 is 2.27 bits per heavy atom. The zero-order chi connectivity index (χ0) is 11.3. The quantitative estimate of drug-likeness (QED) is 0.723. The number of hydrogen-bond acceptors (Lipinski definition) is 3. The molecule has 1 amide bonds. The van der Waals surface area contributed by atoms with E-state index in [4.69, 9.17) is 4.74 Å². The van der Waals surface area contributed by atoms with Gasteiger partial charge >= 0.3 is 0 Å². The third-order valence-electron chi connectivity index (χ3n) is 2.23. The molecule has 1 saturated heterocycles. The van der Waals surface area contributed by atoms with Crippen molar-refractivity contribution >= 4 is 5.91 Å². The van der Waals surface area contributed by atoms with E-state index >= 15 is 0 Å². The largest absolute Gasteiger partial charge is 0.370 e. The van der Waals surface area contributed by atoms with E-state index < -0.39 is 0 Å². The number of ether oxygens (including phenoxy) is 1. The third-order valence-corrected chi connectivity index (χ3v) is 2.23. The second-order valence-electron chi connectivity index (χ2n) is 5.11. The number of amides is 1. The lowest BCUT2D eigenvalue weighted by Gasteiger charge is -2.20. The summed E-state index contributed by atoms with van der Waals surface area (Å²) in [5, 5.41) is 6.18. The van der Waals surface area contributed by atoms with Crippen LogP contribution in [0, 0.1) is 0 Å². The lowest BCUT2D eigenvalue weighted by molar-refractivity contribution is -0.127. The first-order valence-corrected chi connectivity index (χ1v) is 5.59. The Labute approximate surface area is 91.8 Å². The normalized spacial score (nSPS) is 21.7. The SMILES string of the molecule is CC(C)(C)NC(=O)COCC1CCCN1. The van der Waals surface area contributed by atoms with Gasteiger partial charge in [0, 0.05) is 11.6 Å². The van der Waals surface area contributed by atoms with E-state index in [0.29, 0.717) is 12.6 Å². The molecule has 1 heterocycles. The highest BCUT2D eigenvalue weighted by Gasteiger charge is 2.16. The van der Waals surface area contributed by atoms with Gasteiger partial charge in [-0.15, -0.1) is 0 Å². The molecule has 88 valence electrons. The second-order valence-corrected chi connectivity index (χ2v) is 5.11. The molecule has 1 aliphatic rings. The zero-order valence-corrected chi connectivity index (χ0v) is 9.93. The molecule has 4 nitrogen and oxygen atoms in total. The summed E-state index contributed by atoms with van der Waals surface area (Å²) in [4.78, 5) is 11.4. The van der Waals surface area contributed by atoms with Crippen molar-refractivity contribution in [2.24, 2.45) is 0 Å². The van der Waals surface area contributed by atoms with E-state index in [1.165, 1.54) is 6.42 Å². The van der Waals surface area contributed by atoms with E-state index in [1.54, 1.807) is 0 Å². The van der Waals surface area contributed by atoms with Crippen molar-refractivity contribution in [2.75, 3.05) is 19.8 Å². The van der Waals surface area contributed by atoms with Crippen LogP contribution in [0.2, 0.25) is 0 Å². The molecule has 1 unspecified atom stereocenters. The summed E-state index contributed by atoms with van der Waals surface area (Å²) in [6.07, 6.45) is 2.36. The predicted molar refractivity (Wildman–Crippen MR) is 59.7 cm³/mol. The Bertz CT molecular complexity index is 205. The van der Waals surface area contributed by atoms with Gasteiger partial charge in [-0.05, 0) is 40.2 Å². The first-order chi connectivity index (χ1) is 6.97. The smallest absolute Gasteiger partial charge is 0.246 e. The van der Waals surface area contributed by atoms with Crippen molar-refractivity contribution in [3.63, 3.8) is 0 Å². The van der Waals surface area contributed by atoms with Crippen molar-refractivity contribution in [3.05, 3.63) is 0 Å². The highest BCUT2D eigenvalue weighted by Crippen LogP contribution is 2.04. The highest BCUT2D eigenvalue weighted by molar-refractivity contribution is 5.77. The molecule has 0 radical (unpaired) electrons. The van der Waals surface area contributed by atoms with Gasteiger partial charge in [0.05, 0.1) is 6.61 Å². The summed E-state index contributed by atoms with van der Waals surface area (Å²) >= 11 is 0. The fourth-order valence-electron chi connectivity index (χ4n) is 1.65. The van der Waals surface area contributed by atoms with Crippen LogP contribution in [0.4, 0.5) is 0 Å². The van der Waals surface area contributed by atoms with Crippen LogP contribution in [-0.2, 0) is 9.53 Å². The molecule has 1 atom stereocenters. The molecule has 1 fully saturated rings. The number of carbonyl (C=O) groups is 1. The Hall–Kier alpha value is -0.610. The minimum absolute atomic E-state index is 0.0412. The fourth-order valence-corrected chi connectivity index (χ4v) is 1.65. The maximum Gasteiger partial charge on any atom is 0.246 e. The lowest BCUT2D eigenvalue weighted by atomic mass is 10.1. The molecule has 0 spiro atoms. The van der Waals surface area contributed by atoms with Gasteiger partial charge in [0.15, 0.2) is 0 Å². The first-order valence-electron chi connectivity index (χ1n) is 5.59. The summed E-state index contributed by atoms with van der Waals surface area (Å²) in [5.41, 5.74) is -0.175. The van der Waals surface area contributed by atoms with Crippen molar-refractivity contribution in [1.29, 1.82) is 0 Å². The Kier molecular flexibility index (Phi) is 4.54. The molecule has 1 aliphatic heterocycles. The van der Waals surface area contributed by atoms with Crippen molar-refractivity contribution < 1.29 is 9.53 Å². The standard InChI is InChI=1S/C11H22N2O2/c1-11(2,3)13-10(14)8-15-7-9-5-4-6-12-9/h9,12H,4-8H2,1-3H3,(H,13,14). The minimum Gasteiger partial charge on any atom is -0.370 e. The summed E-state index contributed by atoms with van der Waals surface area (Å²) in [7, 11) is 0. The van der Waals surface area contributed by atoms with E-state index in [9.17, 15) is 4.79 Å². The van der Waals surface area contributed by atoms with Gasteiger partial charge < -0.3 is 15.4 Å². The molecule has 0 saturated carbocycles. The van der Waals surface area contributed by atoms with Gasteiger partial charge in [-0.1, -0.05) is 0 Å².